The van der Waals surface area contributed by atoms with Gasteiger partial charge in [0.1, 0.15) is 0 Å². The van der Waals surface area contributed by atoms with Crippen molar-refractivity contribution in [2.75, 3.05) is 0 Å². The lowest BCUT2D eigenvalue weighted by atomic mass is 10.1. The molecule has 0 N–H and O–H groups in total. The molecular formula is C32H44N4. The average molecular weight is 485 g/mol. The first-order valence-corrected chi connectivity index (χ1v) is 12.8. The van der Waals surface area contributed by atoms with Gasteiger partial charge in [-0.2, -0.15) is 0 Å². The van der Waals surface area contributed by atoms with Crippen molar-refractivity contribution in [2.45, 2.75) is 79.1 Å². The van der Waals surface area contributed by atoms with E-state index in [0.717, 1.165) is 11.4 Å². The molecule has 0 radical (unpaired) electrons. The Balaban J connectivity index is 0.000000240. The van der Waals surface area contributed by atoms with E-state index in [4.69, 9.17) is 0 Å². The van der Waals surface area contributed by atoms with E-state index in [1.54, 1.807) is 0 Å². The molecule has 192 valence electrons. The van der Waals surface area contributed by atoms with Crippen LogP contribution >= 0.6 is 0 Å². The van der Waals surface area contributed by atoms with E-state index in [1.807, 2.05) is 97.8 Å². The Hall–Kier alpha value is -3.40. The molecule has 0 aliphatic heterocycles. The van der Waals surface area contributed by atoms with Gasteiger partial charge in [0.2, 0.25) is 0 Å². The van der Waals surface area contributed by atoms with Crippen molar-refractivity contribution >= 4 is 0 Å². The summed E-state index contributed by atoms with van der Waals surface area (Å²) < 4.78 is 0. The Kier molecular flexibility index (Phi) is 15.3. The zero-order valence-corrected chi connectivity index (χ0v) is 23.3. The maximum absolute atomic E-state index is 4.18. The van der Waals surface area contributed by atoms with E-state index in [2.05, 4.69) is 75.3 Å². The Bertz CT molecular complexity index is 843. The van der Waals surface area contributed by atoms with Gasteiger partial charge in [0.25, 0.3) is 0 Å². The Labute approximate surface area is 219 Å². The van der Waals surface area contributed by atoms with E-state index in [9.17, 15) is 0 Å². The molecule has 4 aromatic rings. The highest BCUT2D eigenvalue weighted by molar-refractivity contribution is 5.14. The van der Waals surface area contributed by atoms with E-state index in [-0.39, 0.29) is 0 Å². The van der Waals surface area contributed by atoms with E-state index in [1.165, 1.54) is 11.1 Å². The highest BCUT2D eigenvalue weighted by atomic mass is 14.7. The van der Waals surface area contributed by atoms with Crippen LogP contribution in [0.2, 0.25) is 0 Å². The first-order chi connectivity index (χ1) is 17.2. The summed E-state index contributed by atoms with van der Waals surface area (Å²) >= 11 is 0. The maximum Gasteiger partial charge on any atom is 0.0428 e. The van der Waals surface area contributed by atoms with Gasteiger partial charge in [-0.25, -0.2) is 0 Å². The molecule has 0 saturated carbocycles. The van der Waals surface area contributed by atoms with Gasteiger partial charge in [-0.05, 0) is 83.3 Å². The molecule has 4 aromatic heterocycles. The third kappa shape index (κ3) is 13.5. The zero-order valence-electron chi connectivity index (χ0n) is 23.3. The van der Waals surface area contributed by atoms with Crippen molar-refractivity contribution < 1.29 is 0 Å². The third-order valence-electron chi connectivity index (χ3n) is 5.30. The number of aromatic nitrogens is 4. The normalized spacial score (nSPS) is 10.1. The van der Waals surface area contributed by atoms with Crippen molar-refractivity contribution in [3.8, 4) is 0 Å². The molecular weight excluding hydrogens is 440 g/mol. The highest BCUT2D eigenvalue weighted by Gasteiger charge is 1.97. The molecule has 4 nitrogen and oxygen atoms in total. The largest absolute Gasteiger partial charge is 0.265 e. The van der Waals surface area contributed by atoms with Crippen molar-refractivity contribution in [1.29, 1.82) is 0 Å². The van der Waals surface area contributed by atoms with Crippen LogP contribution in [0.3, 0.4) is 0 Å². The fourth-order valence-corrected chi connectivity index (χ4v) is 2.93. The molecule has 0 bridgehead atoms. The number of pyridine rings is 4. The molecule has 0 saturated heterocycles. The maximum atomic E-state index is 4.18. The van der Waals surface area contributed by atoms with Crippen LogP contribution in [0.5, 0.6) is 0 Å². The van der Waals surface area contributed by atoms with Crippen LogP contribution in [0.1, 0.15) is 102 Å². The summed E-state index contributed by atoms with van der Waals surface area (Å²) in [5.41, 5.74) is 5.03. The molecule has 0 fully saturated rings. The van der Waals surface area contributed by atoms with Crippen LogP contribution in [0, 0.1) is 0 Å². The molecule has 4 rings (SSSR count). The molecule has 4 heteroatoms. The monoisotopic (exact) mass is 484 g/mol. The molecule has 0 aromatic carbocycles. The lowest BCUT2D eigenvalue weighted by Crippen LogP contribution is -1.88. The second kappa shape index (κ2) is 18.0. The molecule has 36 heavy (non-hydrogen) atoms. The predicted molar refractivity (Wildman–Crippen MR) is 153 cm³/mol. The SMILES string of the molecule is CC(C)c1ccccn1.CC(C)c1ccccn1.CC(C)c1ccncc1.CC(C)c1ccncc1. The molecule has 0 aliphatic carbocycles. The Morgan fingerprint density at radius 2 is 0.722 bits per heavy atom. The van der Waals surface area contributed by atoms with Crippen molar-refractivity contribution in [3.63, 3.8) is 0 Å². The summed E-state index contributed by atoms with van der Waals surface area (Å²) in [5.74, 6) is 2.33. The van der Waals surface area contributed by atoms with E-state index in [0.29, 0.717) is 23.7 Å². The zero-order chi connectivity index (χ0) is 26.8. The van der Waals surface area contributed by atoms with Crippen LogP contribution in [0.4, 0.5) is 0 Å². The van der Waals surface area contributed by atoms with Gasteiger partial charge in [-0.15, -0.1) is 0 Å². The van der Waals surface area contributed by atoms with Crippen LogP contribution in [-0.2, 0) is 0 Å². The fraction of sp³-hybridized carbons (Fsp3) is 0.375. The van der Waals surface area contributed by atoms with Crippen molar-refractivity contribution in [2.24, 2.45) is 0 Å². The summed E-state index contributed by atoms with van der Waals surface area (Å²) in [6.07, 6.45) is 11.0. The number of rotatable bonds is 4. The van der Waals surface area contributed by atoms with Gasteiger partial charge < -0.3 is 0 Å². The van der Waals surface area contributed by atoms with Gasteiger partial charge >= 0.3 is 0 Å². The minimum absolute atomic E-state index is 0.547. The summed E-state index contributed by atoms with van der Waals surface area (Å²) in [6.45, 7) is 17.3. The Morgan fingerprint density at radius 3 is 0.889 bits per heavy atom. The number of hydrogen-bond acceptors (Lipinski definition) is 4. The van der Waals surface area contributed by atoms with Gasteiger partial charge in [0.05, 0.1) is 0 Å². The molecule has 0 unspecified atom stereocenters. The fourth-order valence-electron chi connectivity index (χ4n) is 2.93. The highest BCUT2D eigenvalue weighted by Crippen LogP contribution is 2.12. The van der Waals surface area contributed by atoms with Crippen LogP contribution in [0.15, 0.2) is 97.8 Å². The van der Waals surface area contributed by atoms with Crippen LogP contribution in [0.25, 0.3) is 0 Å². The average Bonchev–Trinajstić information content (AvgIpc) is 2.92. The first kappa shape index (κ1) is 30.6. The topological polar surface area (TPSA) is 51.6 Å². The third-order valence-corrected chi connectivity index (χ3v) is 5.30. The van der Waals surface area contributed by atoms with Crippen molar-refractivity contribution in [3.05, 3.63) is 120 Å². The van der Waals surface area contributed by atoms with Crippen LogP contribution in [-0.4, -0.2) is 19.9 Å². The summed E-state index contributed by atoms with van der Waals surface area (Å²) in [6, 6.07) is 20.2. The summed E-state index contributed by atoms with van der Waals surface area (Å²) in [5, 5.41) is 0. The second-order valence-electron chi connectivity index (χ2n) is 9.69. The van der Waals surface area contributed by atoms with E-state index >= 15 is 0 Å². The summed E-state index contributed by atoms with van der Waals surface area (Å²) in [7, 11) is 0. The van der Waals surface area contributed by atoms with Gasteiger partial charge in [-0.3, -0.25) is 19.9 Å². The first-order valence-electron chi connectivity index (χ1n) is 12.8. The molecule has 0 amide bonds. The smallest absolute Gasteiger partial charge is 0.0428 e. The number of hydrogen-bond donors (Lipinski definition) is 0. The molecule has 0 aliphatic rings. The minimum Gasteiger partial charge on any atom is -0.265 e. The van der Waals surface area contributed by atoms with Crippen LogP contribution < -0.4 is 0 Å². The number of nitrogens with zero attached hydrogens (tertiary/aromatic N) is 4. The van der Waals surface area contributed by atoms with Gasteiger partial charge in [0.15, 0.2) is 0 Å². The predicted octanol–water partition coefficient (Wildman–Crippen LogP) is 8.82. The molecule has 0 atom stereocenters. The molecule has 0 spiro atoms. The quantitative estimate of drug-likeness (QED) is 0.290. The van der Waals surface area contributed by atoms with E-state index < -0.39 is 0 Å². The standard InChI is InChI=1S/4C8H11N/c2*1-7(2)8-3-5-9-6-4-8;2*1-7(2)8-5-3-4-6-9-8/h4*3-7H,1-2H3. The van der Waals surface area contributed by atoms with Gasteiger partial charge in [0, 0.05) is 48.6 Å². The Morgan fingerprint density at radius 1 is 0.389 bits per heavy atom. The molecule has 4 heterocycles. The minimum atomic E-state index is 0.547. The summed E-state index contributed by atoms with van der Waals surface area (Å²) in [4.78, 5) is 16.2. The second-order valence-corrected chi connectivity index (χ2v) is 9.69. The lowest BCUT2D eigenvalue weighted by Gasteiger charge is -2.01. The van der Waals surface area contributed by atoms with Gasteiger partial charge in [-0.1, -0.05) is 67.5 Å². The van der Waals surface area contributed by atoms with Crippen molar-refractivity contribution in [1.82, 2.24) is 19.9 Å². The lowest BCUT2D eigenvalue weighted by molar-refractivity contribution is 0.823.